The molecule has 0 radical (unpaired) electrons. The van der Waals surface area contributed by atoms with Gasteiger partial charge in [-0.15, -0.1) is 0 Å². The molecule has 210 valence electrons. The van der Waals surface area contributed by atoms with Gasteiger partial charge >= 0.3 is 6.09 Å². The lowest BCUT2D eigenvalue weighted by atomic mass is 9.85. The van der Waals surface area contributed by atoms with Crippen LogP contribution in [0.5, 0.6) is 5.75 Å². The van der Waals surface area contributed by atoms with Crippen LogP contribution in [0.3, 0.4) is 0 Å². The fraction of sp³-hybridized carbons (Fsp3) is 0.500. The molecule has 9 heteroatoms. The van der Waals surface area contributed by atoms with Gasteiger partial charge in [-0.3, -0.25) is 9.36 Å². The Kier molecular flexibility index (Phi) is 9.18. The summed E-state index contributed by atoms with van der Waals surface area (Å²) in [5.41, 5.74) is 1.29. The monoisotopic (exact) mass is 554 g/mol. The van der Waals surface area contributed by atoms with Gasteiger partial charge in [0, 0.05) is 31.1 Å². The van der Waals surface area contributed by atoms with Crippen molar-refractivity contribution in [3.63, 3.8) is 0 Å². The van der Waals surface area contributed by atoms with Crippen molar-refractivity contribution in [2.45, 2.75) is 65.1 Å². The van der Waals surface area contributed by atoms with Gasteiger partial charge < -0.3 is 19.7 Å². The molecule has 2 atom stereocenters. The van der Waals surface area contributed by atoms with E-state index in [1.54, 1.807) is 19.2 Å². The number of benzene rings is 2. The number of halogens is 1. The van der Waals surface area contributed by atoms with E-state index in [9.17, 15) is 9.59 Å². The summed E-state index contributed by atoms with van der Waals surface area (Å²) in [6.07, 6.45) is 2.17. The number of piperidine rings is 1. The van der Waals surface area contributed by atoms with Gasteiger partial charge in [-0.05, 0) is 49.9 Å². The zero-order valence-corrected chi connectivity index (χ0v) is 24.3. The largest absolute Gasteiger partial charge is 0.495 e. The summed E-state index contributed by atoms with van der Waals surface area (Å²) < 4.78 is 12.6. The maximum atomic E-state index is 13.8. The second kappa shape index (κ2) is 12.4. The van der Waals surface area contributed by atoms with Crippen LogP contribution in [-0.2, 0) is 17.9 Å². The first kappa shape index (κ1) is 28.9. The Morgan fingerprint density at radius 1 is 1.21 bits per heavy atom. The standard InChI is InChI=1S/C30H39ClN4O4/c1-30(2,3)19-35-27(33-24-17-26(38-5)23(31)16-22(24)28(35)36)21-12-9-15-34(4)25(21)13-14-32-29(37)39-18-20-10-7-6-8-11-20/h6-8,10-11,16-17,21,25H,9,12-15,18-19H2,1-5H3,(H,32,37). The number of amides is 1. The minimum Gasteiger partial charge on any atom is -0.495 e. The SMILES string of the molecule is COc1cc2nc(C3CCCN(C)C3CCNC(=O)OCc3ccccc3)n(CC(C)(C)C)c(=O)c2cc1Cl. The number of ether oxygens (including phenoxy) is 2. The van der Waals surface area contributed by atoms with Crippen molar-refractivity contribution in [1.82, 2.24) is 19.8 Å². The van der Waals surface area contributed by atoms with Crippen LogP contribution in [0.25, 0.3) is 10.9 Å². The number of hydrogen-bond donors (Lipinski definition) is 1. The van der Waals surface area contributed by atoms with E-state index in [0.29, 0.717) is 41.2 Å². The Morgan fingerprint density at radius 3 is 2.64 bits per heavy atom. The van der Waals surface area contributed by atoms with Gasteiger partial charge in [0.25, 0.3) is 5.56 Å². The van der Waals surface area contributed by atoms with Gasteiger partial charge in [-0.1, -0.05) is 62.7 Å². The molecule has 8 nitrogen and oxygen atoms in total. The molecule has 0 saturated carbocycles. The molecule has 3 aromatic rings. The first-order valence-corrected chi connectivity index (χ1v) is 13.9. The smallest absolute Gasteiger partial charge is 0.407 e. The van der Waals surface area contributed by atoms with Crippen LogP contribution in [0.2, 0.25) is 5.02 Å². The Morgan fingerprint density at radius 2 is 1.95 bits per heavy atom. The molecule has 2 aromatic carbocycles. The van der Waals surface area contributed by atoms with Crippen molar-refractivity contribution >= 4 is 28.6 Å². The van der Waals surface area contributed by atoms with Gasteiger partial charge in [0.05, 0.1) is 23.0 Å². The number of hydrogen-bond acceptors (Lipinski definition) is 6. The summed E-state index contributed by atoms with van der Waals surface area (Å²) in [5, 5.41) is 3.77. The number of aromatic nitrogens is 2. The molecule has 1 amide bonds. The molecule has 39 heavy (non-hydrogen) atoms. The second-order valence-electron chi connectivity index (χ2n) is 11.5. The van der Waals surface area contributed by atoms with E-state index < -0.39 is 6.09 Å². The number of carbonyl (C=O) groups excluding carboxylic acids is 1. The number of likely N-dealkylation sites (tertiary alicyclic amines) is 1. The summed E-state index contributed by atoms with van der Waals surface area (Å²) in [7, 11) is 3.65. The summed E-state index contributed by atoms with van der Waals surface area (Å²) in [6.45, 7) is 8.51. The maximum absolute atomic E-state index is 13.8. The highest BCUT2D eigenvalue weighted by molar-refractivity contribution is 6.32. The molecular formula is C30H39ClN4O4. The summed E-state index contributed by atoms with van der Waals surface area (Å²) in [5.74, 6) is 1.29. The third-order valence-corrected chi connectivity index (χ3v) is 7.50. The van der Waals surface area contributed by atoms with Gasteiger partial charge in [0.1, 0.15) is 18.2 Å². The normalized spacial score (nSPS) is 18.2. The minimum absolute atomic E-state index is 0.0204. The summed E-state index contributed by atoms with van der Waals surface area (Å²) in [6, 6.07) is 13.1. The highest BCUT2D eigenvalue weighted by Crippen LogP contribution is 2.35. The molecule has 0 spiro atoms. The van der Waals surface area contributed by atoms with E-state index in [-0.39, 0.29) is 29.5 Å². The first-order chi connectivity index (χ1) is 18.6. The quantitative estimate of drug-likeness (QED) is 0.390. The van der Waals surface area contributed by atoms with Crippen LogP contribution >= 0.6 is 11.6 Å². The molecule has 1 aliphatic rings. The highest BCUT2D eigenvalue weighted by atomic mass is 35.5. The average molecular weight is 555 g/mol. The van der Waals surface area contributed by atoms with Crippen LogP contribution in [0.15, 0.2) is 47.3 Å². The van der Waals surface area contributed by atoms with Crippen LogP contribution in [-0.4, -0.2) is 53.8 Å². The molecule has 1 aromatic heterocycles. The van der Waals surface area contributed by atoms with Gasteiger partial charge in [-0.25, -0.2) is 9.78 Å². The van der Waals surface area contributed by atoms with Gasteiger partial charge in [0.15, 0.2) is 0 Å². The molecule has 1 N–H and O–H groups in total. The predicted octanol–water partition coefficient (Wildman–Crippen LogP) is 5.60. The highest BCUT2D eigenvalue weighted by Gasteiger charge is 2.34. The fourth-order valence-corrected chi connectivity index (χ4v) is 5.59. The van der Waals surface area contributed by atoms with Crippen LogP contribution < -0.4 is 15.6 Å². The Hall–Kier alpha value is -3.10. The third-order valence-electron chi connectivity index (χ3n) is 7.20. The molecule has 0 aliphatic carbocycles. The molecule has 4 rings (SSSR count). The van der Waals surface area contributed by atoms with Crippen LogP contribution in [0.4, 0.5) is 4.79 Å². The van der Waals surface area contributed by atoms with E-state index in [1.165, 1.54) is 0 Å². The fourth-order valence-electron chi connectivity index (χ4n) is 5.35. The molecule has 2 heterocycles. The zero-order chi connectivity index (χ0) is 28.2. The molecule has 0 bridgehead atoms. The van der Waals surface area contributed by atoms with Crippen LogP contribution in [0.1, 0.15) is 57.3 Å². The van der Waals surface area contributed by atoms with E-state index in [4.69, 9.17) is 26.1 Å². The number of methoxy groups -OCH3 is 1. The number of fused-ring (bicyclic) bond motifs is 1. The zero-order valence-electron chi connectivity index (χ0n) is 23.5. The van der Waals surface area contributed by atoms with E-state index in [2.05, 4.69) is 38.0 Å². The number of alkyl carbamates (subject to hydrolysis) is 1. The van der Waals surface area contributed by atoms with Crippen molar-refractivity contribution in [3.05, 3.63) is 69.2 Å². The Balaban J connectivity index is 1.59. The predicted molar refractivity (Wildman–Crippen MR) is 155 cm³/mol. The van der Waals surface area contributed by atoms with Crippen molar-refractivity contribution in [1.29, 1.82) is 0 Å². The lowest BCUT2D eigenvalue weighted by molar-refractivity contribution is 0.128. The molecule has 2 unspecified atom stereocenters. The van der Waals surface area contributed by atoms with Gasteiger partial charge in [0.2, 0.25) is 0 Å². The van der Waals surface area contributed by atoms with E-state index >= 15 is 0 Å². The summed E-state index contributed by atoms with van der Waals surface area (Å²) >= 11 is 6.38. The van der Waals surface area contributed by atoms with E-state index in [1.807, 2.05) is 34.9 Å². The third kappa shape index (κ3) is 7.11. The topological polar surface area (TPSA) is 85.7 Å². The van der Waals surface area contributed by atoms with Gasteiger partial charge in [-0.2, -0.15) is 0 Å². The van der Waals surface area contributed by atoms with Crippen molar-refractivity contribution in [2.75, 3.05) is 27.2 Å². The first-order valence-electron chi connectivity index (χ1n) is 13.5. The molecule has 1 fully saturated rings. The van der Waals surface area contributed by atoms with E-state index in [0.717, 1.165) is 30.8 Å². The lowest BCUT2D eigenvalue weighted by Gasteiger charge is -2.40. The van der Waals surface area contributed by atoms with Crippen molar-refractivity contribution < 1.29 is 14.3 Å². The summed E-state index contributed by atoms with van der Waals surface area (Å²) in [4.78, 5) is 33.6. The second-order valence-corrected chi connectivity index (χ2v) is 11.9. The maximum Gasteiger partial charge on any atom is 0.407 e. The average Bonchev–Trinajstić information content (AvgIpc) is 2.90. The number of likely N-dealkylation sites (N-methyl/N-ethyl adjacent to an activating group) is 1. The van der Waals surface area contributed by atoms with Crippen molar-refractivity contribution in [3.8, 4) is 5.75 Å². The Labute approximate surface area is 235 Å². The van der Waals surface area contributed by atoms with Crippen molar-refractivity contribution in [2.24, 2.45) is 5.41 Å². The number of nitrogens with one attached hydrogen (secondary N) is 1. The molecule has 1 saturated heterocycles. The Bertz CT molecular complexity index is 1350. The minimum atomic E-state index is -0.439. The number of rotatable bonds is 8. The molecule has 1 aliphatic heterocycles. The number of nitrogens with zero attached hydrogens (tertiary/aromatic N) is 3. The molecular weight excluding hydrogens is 516 g/mol. The lowest BCUT2D eigenvalue weighted by Crippen LogP contribution is -2.46. The van der Waals surface area contributed by atoms with Crippen LogP contribution in [0, 0.1) is 5.41 Å². The number of carbonyl (C=O) groups is 1.